The van der Waals surface area contributed by atoms with E-state index in [0.717, 1.165) is 10.6 Å². The molecule has 5 heteroatoms. The van der Waals surface area contributed by atoms with E-state index in [1.54, 1.807) is 17.8 Å². The predicted molar refractivity (Wildman–Crippen MR) is 75.0 cm³/mol. The summed E-state index contributed by atoms with van der Waals surface area (Å²) < 4.78 is 0. The second-order valence-electron chi connectivity index (χ2n) is 3.80. The molecule has 0 bridgehead atoms. The van der Waals surface area contributed by atoms with Crippen molar-refractivity contribution in [3.63, 3.8) is 0 Å². The molecule has 0 saturated heterocycles. The summed E-state index contributed by atoms with van der Waals surface area (Å²) in [5.74, 6) is -0.0775. The summed E-state index contributed by atoms with van der Waals surface area (Å²) in [5, 5.41) is 6.48. The maximum Gasteiger partial charge on any atom is 0.228 e. The molecule has 1 rings (SSSR count). The Labute approximate surface area is 111 Å². The van der Waals surface area contributed by atoms with E-state index < -0.39 is 0 Å². The van der Waals surface area contributed by atoms with Crippen LogP contribution in [0.5, 0.6) is 0 Å². The Balaban J connectivity index is 2.69. The lowest BCUT2D eigenvalue weighted by Crippen LogP contribution is -2.28. The van der Waals surface area contributed by atoms with Gasteiger partial charge >= 0.3 is 0 Å². The standard InChI is InChI=1S/C12H17ClN2OS/c1-8(7-14-2)12(16)15-9-4-5-11(17-3)10(13)6-9/h4-6,8,14H,7H2,1-3H3,(H,15,16). The van der Waals surface area contributed by atoms with Crippen LogP contribution in [0.4, 0.5) is 5.69 Å². The van der Waals surface area contributed by atoms with Gasteiger partial charge in [0.15, 0.2) is 0 Å². The number of hydrogen-bond acceptors (Lipinski definition) is 3. The van der Waals surface area contributed by atoms with Gasteiger partial charge in [-0.1, -0.05) is 18.5 Å². The van der Waals surface area contributed by atoms with Crippen LogP contribution >= 0.6 is 23.4 Å². The summed E-state index contributed by atoms with van der Waals surface area (Å²) in [6, 6.07) is 5.55. The first-order valence-electron chi connectivity index (χ1n) is 5.37. The summed E-state index contributed by atoms with van der Waals surface area (Å²) in [6.07, 6.45) is 1.97. The molecule has 1 atom stereocenters. The highest BCUT2D eigenvalue weighted by Gasteiger charge is 2.12. The smallest absolute Gasteiger partial charge is 0.228 e. The Morgan fingerprint density at radius 1 is 1.53 bits per heavy atom. The number of halogens is 1. The minimum atomic E-state index is -0.0704. The predicted octanol–water partition coefficient (Wildman–Crippen LogP) is 2.86. The van der Waals surface area contributed by atoms with Crippen molar-refractivity contribution in [2.45, 2.75) is 11.8 Å². The highest BCUT2D eigenvalue weighted by atomic mass is 35.5. The van der Waals surface area contributed by atoms with E-state index in [2.05, 4.69) is 10.6 Å². The van der Waals surface area contributed by atoms with E-state index >= 15 is 0 Å². The van der Waals surface area contributed by atoms with Gasteiger partial charge in [-0.15, -0.1) is 11.8 Å². The van der Waals surface area contributed by atoms with Crippen molar-refractivity contribution >= 4 is 35.0 Å². The summed E-state index contributed by atoms with van der Waals surface area (Å²) in [4.78, 5) is 12.8. The van der Waals surface area contributed by atoms with E-state index in [4.69, 9.17) is 11.6 Å². The molecule has 0 heterocycles. The van der Waals surface area contributed by atoms with Crippen LogP contribution in [-0.4, -0.2) is 25.8 Å². The fourth-order valence-corrected chi connectivity index (χ4v) is 2.28. The molecule has 0 radical (unpaired) electrons. The number of carbonyl (C=O) groups excluding carboxylic acids is 1. The van der Waals surface area contributed by atoms with Crippen LogP contribution in [0.1, 0.15) is 6.92 Å². The molecule has 0 aliphatic carbocycles. The van der Waals surface area contributed by atoms with Crippen molar-refractivity contribution in [1.29, 1.82) is 0 Å². The molecule has 94 valence electrons. The van der Waals surface area contributed by atoms with Gasteiger partial charge in [0.1, 0.15) is 0 Å². The number of benzene rings is 1. The zero-order valence-electron chi connectivity index (χ0n) is 10.2. The molecule has 0 aliphatic rings. The van der Waals surface area contributed by atoms with Gasteiger partial charge in [-0.05, 0) is 31.5 Å². The fraction of sp³-hybridized carbons (Fsp3) is 0.417. The molecule has 2 N–H and O–H groups in total. The molecule has 3 nitrogen and oxygen atoms in total. The molecule has 1 aromatic carbocycles. The number of hydrogen-bond donors (Lipinski definition) is 2. The molecule has 0 aliphatic heterocycles. The van der Waals surface area contributed by atoms with Crippen molar-refractivity contribution in [1.82, 2.24) is 5.32 Å². The molecule has 0 aromatic heterocycles. The average molecular weight is 273 g/mol. The highest BCUT2D eigenvalue weighted by molar-refractivity contribution is 7.98. The number of carbonyl (C=O) groups is 1. The molecular weight excluding hydrogens is 256 g/mol. The zero-order chi connectivity index (χ0) is 12.8. The lowest BCUT2D eigenvalue weighted by Gasteiger charge is -2.12. The SMILES string of the molecule is CNCC(C)C(=O)Nc1ccc(SC)c(Cl)c1. The molecular formula is C12H17ClN2OS. The van der Waals surface area contributed by atoms with Crippen LogP contribution in [0, 0.1) is 5.92 Å². The Hall–Kier alpha value is -0.710. The van der Waals surface area contributed by atoms with Crippen LogP contribution in [0.3, 0.4) is 0 Å². The number of rotatable bonds is 5. The summed E-state index contributed by atoms with van der Waals surface area (Å²) in [7, 11) is 1.83. The van der Waals surface area contributed by atoms with Crippen molar-refractivity contribution in [2.24, 2.45) is 5.92 Å². The fourth-order valence-electron chi connectivity index (χ4n) is 1.41. The Kier molecular flexibility index (Phi) is 5.82. The van der Waals surface area contributed by atoms with Crippen LogP contribution in [0.2, 0.25) is 5.02 Å². The largest absolute Gasteiger partial charge is 0.326 e. The maximum atomic E-state index is 11.8. The zero-order valence-corrected chi connectivity index (χ0v) is 11.8. The minimum absolute atomic E-state index is 0.00711. The Bertz CT molecular complexity index is 398. The highest BCUT2D eigenvalue weighted by Crippen LogP contribution is 2.28. The Morgan fingerprint density at radius 3 is 2.76 bits per heavy atom. The van der Waals surface area contributed by atoms with Crippen LogP contribution < -0.4 is 10.6 Å². The number of thioether (sulfide) groups is 1. The monoisotopic (exact) mass is 272 g/mol. The summed E-state index contributed by atoms with van der Waals surface area (Å²) in [6.45, 7) is 2.53. The van der Waals surface area contributed by atoms with Gasteiger partial charge in [0.05, 0.1) is 5.02 Å². The van der Waals surface area contributed by atoms with Gasteiger partial charge in [-0.3, -0.25) is 4.79 Å². The van der Waals surface area contributed by atoms with E-state index in [1.165, 1.54) is 0 Å². The first-order valence-corrected chi connectivity index (χ1v) is 6.97. The summed E-state index contributed by atoms with van der Waals surface area (Å²) >= 11 is 7.65. The third-order valence-electron chi connectivity index (χ3n) is 2.38. The number of nitrogens with one attached hydrogen (secondary N) is 2. The lowest BCUT2D eigenvalue weighted by molar-refractivity contribution is -0.119. The van der Waals surface area contributed by atoms with Gasteiger partial charge in [-0.2, -0.15) is 0 Å². The molecule has 0 saturated carbocycles. The molecule has 17 heavy (non-hydrogen) atoms. The normalized spacial score (nSPS) is 12.2. The van der Waals surface area contributed by atoms with E-state index in [-0.39, 0.29) is 11.8 Å². The third-order valence-corrected chi connectivity index (χ3v) is 3.60. The van der Waals surface area contributed by atoms with Gasteiger partial charge in [0.25, 0.3) is 0 Å². The van der Waals surface area contributed by atoms with Crippen molar-refractivity contribution in [3.8, 4) is 0 Å². The Morgan fingerprint density at radius 2 is 2.24 bits per heavy atom. The third kappa shape index (κ3) is 4.22. The van der Waals surface area contributed by atoms with E-state index in [9.17, 15) is 4.79 Å². The van der Waals surface area contributed by atoms with Crippen molar-refractivity contribution in [3.05, 3.63) is 23.2 Å². The molecule has 1 aromatic rings. The summed E-state index contributed by atoms with van der Waals surface area (Å²) in [5.41, 5.74) is 0.737. The van der Waals surface area contributed by atoms with E-state index in [1.807, 2.05) is 32.4 Å². The number of amides is 1. The van der Waals surface area contributed by atoms with Gasteiger partial charge in [0, 0.05) is 23.0 Å². The van der Waals surface area contributed by atoms with Crippen LogP contribution in [0.15, 0.2) is 23.1 Å². The minimum Gasteiger partial charge on any atom is -0.326 e. The second kappa shape index (κ2) is 6.89. The van der Waals surface area contributed by atoms with Crippen molar-refractivity contribution in [2.75, 3.05) is 25.2 Å². The van der Waals surface area contributed by atoms with Crippen molar-refractivity contribution < 1.29 is 4.79 Å². The first kappa shape index (κ1) is 14.4. The second-order valence-corrected chi connectivity index (χ2v) is 5.05. The quantitative estimate of drug-likeness (QED) is 0.810. The van der Waals surface area contributed by atoms with Gasteiger partial charge < -0.3 is 10.6 Å². The molecule has 0 spiro atoms. The van der Waals surface area contributed by atoms with Gasteiger partial charge in [-0.25, -0.2) is 0 Å². The lowest BCUT2D eigenvalue weighted by atomic mass is 10.1. The van der Waals surface area contributed by atoms with Crippen LogP contribution in [-0.2, 0) is 4.79 Å². The molecule has 1 amide bonds. The average Bonchev–Trinajstić information content (AvgIpc) is 2.29. The van der Waals surface area contributed by atoms with E-state index in [0.29, 0.717) is 11.6 Å². The number of anilines is 1. The first-order chi connectivity index (χ1) is 8.08. The maximum absolute atomic E-state index is 11.8. The molecule has 0 fully saturated rings. The molecule has 1 unspecified atom stereocenters. The topological polar surface area (TPSA) is 41.1 Å². The van der Waals surface area contributed by atoms with Gasteiger partial charge in [0.2, 0.25) is 5.91 Å². The van der Waals surface area contributed by atoms with Crippen LogP contribution in [0.25, 0.3) is 0 Å².